The summed E-state index contributed by atoms with van der Waals surface area (Å²) in [4.78, 5) is 12.9. The minimum absolute atomic E-state index is 0.0675. The van der Waals surface area contributed by atoms with Gasteiger partial charge < -0.3 is 5.73 Å². The summed E-state index contributed by atoms with van der Waals surface area (Å²) in [6.07, 6.45) is 2.49. The van der Waals surface area contributed by atoms with E-state index in [1.54, 1.807) is 0 Å². The minimum Gasteiger partial charge on any atom is -0.368 e. The van der Waals surface area contributed by atoms with Gasteiger partial charge in [-0.2, -0.15) is 0 Å². The predicted molar refractivity (Wildman–Crippen MR) is 44.0 cm³/mol. The molecule has 0 aromatic rings. The van der Waals surface area contributed by atoms with Crippen LogP contribution in [0.4, 0.5) is 0 Å². The lowest BCUT2D eigenvalue weighted by molar-refractivity contribution is -0.122. The highest BCUT2D eigenvalue weighted by atomic mass is 16.3. The molecule has 2 N–H and O–H groups in total. The number of primary amides is 1. The molecule has 0 aliphatic carbocycles. The van der Waals surface area contributed by atoms with Gasteiger partial charge in [0.15, 0.2) is 0 Å². The molecule has 1 saturated heterocycles. The fourth-order valence-corrected chi connectivity index (χ4v) is 1.68. The van der Waals surface area contributed by atoms with E-state index >= 15 is 0 Å². The number of nitrogens with two attached hydrogens (primary N) is 1. The highest BCUT2D eigenvalue weighted by molar-refractivity contribution is 5.80. The Morgan fingerprint density at radius 3 is 2.92 bits per heavy atom. The SMILES string of the molecule is NC(=O)[C@H]1CCCN1CCC[O]. The Morgan fingerprint density at radius 1 is 1.58 bits per heavy atom. The van der Waals surface area contributed by atoms with E-state index in [9.17, 15) is 9.90 Å². The van der Waals surface area contributed by atoms with Gasteiger partial charge in [0.25, 0.3) is 0 Å². The second kappa shape index (κ2) is 4.42. The van der Waals surface area contributed by atoms with Gasteiger partial charge in [0, 0.05) is 6.54 Å². The maximum atomic E-state index is 10.9. The van der Waals surface area contributed by atoms with Crippen LogP contribution in [0.15, 0.2) is 0 Å². The van der Waals surface area contributed by atoms with Crippen molar-refractivity contribution in [2.75, 3.05) is 19.7 Å². The van der Waals surface area contributed by atoms with Gasteiger partial charge in [0.05, 0.1) is 12.6 Å². The van der Waals surface area contributed by atoms with Crippen molar-refractivity contribution in [2.24, 2.45) is 5.73 Å². The van der Waals surface area contributed by atoms with Crippen LogP contribution in [0.2, 0.25) is 0 Å². The van der Waals surface area contributed by atoms with E-state index < -0.39 is 0 Å². The molecule has 69 valence electrons. The van der Waals surface area contributed by atoms with Crippen LogP contribution in [0, 0.1) is 0 Å². The normalized spacial score (nSPS) is 24.6. The van der Waals surface area contributed by atoms with E-state index in [0.717, 1.165) is 25.9 Å². The van der Waals surface area contributed by atoms with Gasteiger partial charge in [-0.25, -0.2) is 5.11 Å². The summed E-state index contributed by atoms with van der Waals surface area (Å²) in [7, 11) is 0. The first-order valence-corrected chi connectivity index (χ1v) is 4.37. The van der Waals surface area contributed by atoms with Gasteiger partial charge >= 0.3 is 0 Å². The molecule has 1 fully saturated rings. The van der Waals surface area contributed by atoms with Gasteiger partial charge in [-0.1, -0.05) is 0 Å². The number of carbonyl (C=O) groups is 1. The second-order valence-corrected chi connectivity index (χ2v) is 3.15. The number of rotatable bonds is 4. The van der Waals surface area contributed by atoms with Gasteiger partial charge in [0.2, 0.25) is 5.91 Å². The van der Waals surface area contributed by atoms with E-state index in [-0.39, 0.29) is 18.6 Å². The number of likely N-dealkylation sites (tertiary alicyclic amines) is 1. The Hall–Kier alpha value is -0.610. The number of hydrogen-bond acceptors (Lipinski definition) is 2. The summed E-state index contributed by atoms with van der Waals surface area (Å²) >= 11 is 0. The van der Waals surface area contributed by atoms with Crippen molar-refractivity contribution in [2.45, 2.75) is 25.3 Å². The van der Waals surface area contributed by atoms with Crippen LogP contribution >= 0.6 is 0 Å². The first-order chi connectivity index (χ1) is 5.75. The van der Waals surface area contributed by atoms with Crippen LogP contribution in [0.3, 0.4) is 0 Å². The van der Waals surface area contributed by atoms with Crippen molar-refractivity contribution in [1.29, 1.82) is 0 Å². The van der Waals surface area contributed by atoms with Crippen LogP contribution in [-0.4, -0.2) is 36.5 Å². The van der Waals surface area contributed by atoms with Gasteiger partial charge in [-0.15, -0.1) is 0 Å². The maximum absolute atomic E-state index is 10.9. The molecule has 1 atom stereocenters. The fourth-order valence-electron chi connectivity index (χ4n) is 1.68. The summed E-state index contributed by atoms with van der Waals surface area (Å²) in [5, 5.41) is 10.2. The molecule has 1 aliphatic rings. The highest BCUT2D eigenvalue weighted by Crippen LogP contribution is 2.16. The van der Waals surface area contributed by atoms with Crippen LogP contribution < -0.4 is 5.73 Å². The highest BCUT2D eigenvalue weighted by Gasteiger charge is 2.27. The lowest BCUT2D eigenvalue weighted by Crippen LogP contribution is -2.40. The Labute approximate surface area is 72.3 Å². The third kappa shape index (κ3) is 2.19. The fraction of sp³-hybridized carbons (Fsp3) is 0.875. The second-order valence-electron chi connectivity index (χ2n) is 3.15. The molecule has 0 aromatic carbocycles. The minimum atomic E-state index is -0.251. The smallest absolute Gasteiger partial charge is 0.234 e. The molecule has 1 aliphatic heterocycles. The summed E-state index contributed by atoms with van der Waals surface area (Å²) in [6, 6.07) is -0.114. The summed E-state index contributed by atoms with van der Waals surface area (Å²) in [5.41, 5.74) is 5.20. The third-order valence-electron chi connectivity index (χ3n) is 2.28. The molecule has 0 bridgehead atoms. The van der Waals surface area contributed by atoms with Crippen molar-refractivity contribution >= 4 is 5.91 Å². The molecule has 1 radical (unpaired) electrons. The van der Waals surface area contributed by atoms with E-state index in [1.165, 1.54) is 0 Å². The number of carbonyl (C=O) groups excluding carboxylic acids is 1. The molecular formula is C8H15N2O2. The summed E-state index contributed by atoms with van der Waals surface area (Å²) in [6.45, 7) is 1.56. The maximum Gasteiger partial charge on any atom is 0.234 e. The molecule has 1 rings (SSSR count). The van der Waals surface area contributed by atoms with E-state index in [1.807, 2.05) is 4.90 Å². The molecular weight excluding hydrogens is 156 g/mol. The average Bonchev–Trinajstić information content (AvgIpc) is 2.48. The lowest BCUT2D eigenvalue weighted by Gasteiger charge is -2.20. The quantitative estimate of drug-likeness (QED) is 0.634. The van der Waals surface area contributed by atoms with E-state index in [4.69, 9.17) is 5.73 Å². The molecule has 4 heteroatoms. The standard InChI is InChI=1S/C8H15N2O2/c9-8(12)7-3-1-4-10(7)5-2-6-11/h7H,1-6H2,(H2,9,12)/t7-/m1/s1. The van der Waals surface area contributed by atoms with Gasteiger partial charge in [-0.3, -0.25) is 9.69 Å². The summed E-state index contributed by atoms with van der Waals surface area (Å²) in [5.74, 6) is -0.251. The Balaban J connectivity index is 2.35. The zero-order valence-electron chi connectivity index (χ0n) is 7.16. The largest absolute Gasteiger partial charge is 0.368 e. The molecule has 1 heterocycles. The van der Waals surface area contributed by atoms with Gasteiger partial charge in [-0.05, 0) is 25.8 Å². The predicted octanol–water partition coefficient (Wildman–Crippen LogP) is -0.243. The topological polar surface area (TPSA) is 66.2 Å². The molecule has 0 spiro atoms. The Kier molecular flexibility index (Phi) is 3.49. The average molecular weight is 171 g/mol. The summed E-state index contributed by atoms with van der Waals surface area (Å²) < 4.78 is 0. The van der Waals surface area contributed by atoms with E-state index in [2.05, 4.69) is 0 Å². The van der Waals surface area contributed by atoms with Crippen LogP contribution in [0.5, 0.6) is 0 Å². The van der Waals surface area contributed by atoms with Crippen molar-refractivity contribution in [3.63, 3.8) is 0 Å². The first kappa shape index (κ1) is 9.48. The number of nitrogens with zero attached hydrogens (tertiary/aromatic N) is 1. The van der Waals surface area contributed by atoms with Gasteiger partial charge in [0.1, 0.15) is 0 Å². The lowest BCUT2D eigenvalue weighted by atomic mass is 10.2. The van der Waals surface area contributed by atoms with Crippen molar-refractivity contribution in [1.82, 2.24) is 4.90 Å². The van der Waals surface area contributed by atoms with Crippen LogP contribution in [-0.2, 0) is 9.90 Å². The van der Waals surface area contributed by atoms with Crippen molar-refractivity contribution < 1.29 is 9.90 Å². The van der Waals surface area contributed by atoms with Crippen molar-refractivity contribution in [3.8, 4) is 0 Å². The molecule has 0 unspecified atom stereocenters. The van der Waals surface area contributed by atoms with Crippen LogP contribution in [0.25, 0.3) is 0 Å². The molecule has 4 nitrogen and oxygen atoms in total. The van der Waals surface area contributed by atoms with E-state index in [0.29, 0.717) is 6.42 Å². The molecule has 0 aromatic heterocycles. The number of amides is 1. The Bertz CT molecular complexity index is 161. The zero-order valence-corrected chi connectivity index (χ0v) is 7.16. The molecule has 0 saturated carbocycles. The Morgan fingerprint density at radius 2 is 2.33 bits per heavy atom. The zero-order chi connectivity index (χ0) is 8.97. The van der Waals surface area contributed by atoms with Crippen molar-refractivity contribution in [3.05, 3.63) is 0 Å². The molecule has 12 heavy (non-hydrogen) atoms. The monoisotopic (exact) mass is 171 g/mol. The third-order valence-corrected chi connectivity index (χ3v) is 2.28. The molecule has 1 amide bonds. The number of hydrogen-bond donors (Lipinski definition) is 1. The van der Waals surface area contributed by atoms with Crippen LogP contribution in [0.1, 0.15) is 19.3 Å². The first-order valence-electron chi connectivity index (χ1n) is 4.37.